The van der Waals surface area contributed by atoms with Crippen LogP contribution in [0, 0.1) is 0 Å². The summed E-state index contributed by atoms with van der Waals surface area (Å²) >= 11 is 0. The third kappa shape index (κ3) is 6.79. The highest BCUT2D eigenvalue weighted by molar-refractivity contribution is 6.14. The molecule has 0 saturated heterocycles. The first-order chi connectivity index (χ1) is 38.2. The van der Waals surface area contributed by atoms with Crippen molar-refractivity contribution < 1.29 is 0 Å². The zero-order chi connectivity index (χ0) is 55.2. The van der Waals surface area contributed by atoms with Gasteiger partial charge >= 0.3 is 0 Å². The van der Waals surface area contributed by atoms with E-state index in [-0.39, 0.29) is 21.7 Å². The van der Waals surface area contributed by atoms with E-state index < -0.39 is 5.41 Å². The van der Waals surface area contributed by atoms with Gasteiger partial charge in [-0.05, 0) is 173 Å². The van der Waals surface area contributed by atoms with Gasteiger partial charge in [0.05, 0.1) is 38.5 Å². The van der Waals surface area contributed by atoms with Gasteiger partial charge in [-0.25, -0.2) is 0 Å². The molecule has 0 atom stereocenters. The molecule has 3 aromatic heterocycles. The van der Waals surface area contributed by atoms with Crippen molar-refractivity contribution in [1.82, 2.24) is 13.7 Å². The van der Waals surface area contributed by atoms with E-state index in [0.29, 0.717) is 0 Å². The Morgan fingerprint density at radius 2 is 0.525 bits per heavy atom. The maximum absolute atomic E-state index is 2.59. The first kappa shape index (κ1) is 48.7. The summed E-state index contributed by atoms with van der Waals surface area (Å²) in [4.78, 5) is 0. The van der Waals surface area contributed by atoms with Crippen molar-refractivity contribution in [2.75, 3.05) is 0 Å². The molecule has 0 unspecified atom stereocenters. The molecule has 80 heavy (non-hydrogen) atoms. The molecule has 0 bridgehead atoms. The van der Waals surface area contributed by atoms with Crippen molar-refractivity contribution in [3.63, 3.8) is 0 Å². The lowest BCUT2D eigenvalue weighted by Crippen LogP contribution is -2.26. The number of hydrogen-bond donors (Lipinski definition) is 0. The number of aromatic nitrogens is 3. The quantitative estimate of drug-likeness (QED) is 0.168. The monoisotopic (exact) mass is 1040 g/mol. The summed E-state index contributed by atoms with van der Waals surface area (Å²) in [5.41, 5.74) is 26.1. The van der Waals surface area contributed by atoms with Crippen molar-refractivity contribution in [3.05, 3.63) is 245 Å². The zero-order valence-electron chi connectivity index (χ0n) is 48.4. The van der Waals surface area contributed by atoms with Gasteiger partial charge in [-0.15, -0.1) is 0 Å². The van der Waals surface area contributed by atoms with Crippen LogP contribution in [0.15, 0.2) is 200 Å². The van der Waals surface area contributed by atoms with Crippen LogP contribution in [-0.2, 0) is 27.1 Å². The van der Waals surface area contributed by atoms with Crippen LogP contribution in [0.25, 0.3) is 105 Å². The lowest BCUT2D eigenvalue weighted by atomic mass is 9.70. The van der Waals surface area contributed by atoms with Gasteiger partial charge in [-0.3, -0.25) is 0 Å². The van der Waals surface area contributed by atoms with Crippen LogP contribution in [-0.4, -0.2) is 13.7 Å². The van der Waals surface area contributed by atoms with E-state index in [0.717, 1.165) is 17.1 Å². The van der Waals surface area contributed by atoms with Crippen molar-refractivity contribution in [2.45, 2.75) is 110 Å². The maximum atomic E-state index is 2.59. The molecule has 3 heterocycles. The summed E-state index contributed by atoms with van der Waals surface area (Å²) in [7, 11) is 0. The van der Waals surface area contributed by atoms with Crippen LogP contribution >= 0.6 is 0 Å². The Bertz CT molecular complexity index is 4390. The number of nitrogens with zero attached hydrogens (tertiary/aromatic N) is 3. The van der Waals surface area contributed by atoms with Gasteiger partial charge in [0.25, 0.3) is 0 Å². The summed E-state index contributed by atoms with van der Waals surface area (Å²) < 4.78 is 7.63. The van der Waals surface area contributed by atoms with Crippen molar-refractivity contribution in [1.29, 1.82) is 0 Å². The van der Waals surface area contributed by atoms with Crippen LogP contribution in [0.3, 0.4) is 0 Å². The van der Waals surface area contributed by atoms with Crippen molar-refractivity contribution >= 4 is 65.4 Å². The first-order valence-electron chi connectivity index (χ1n) is 28.9. The molecule has 0 N–H and O–H groups in total. The zero-order valence-corrected chi connectivity index (χ0v) is 48.4. The Hall–Kier alpha value is -8.40. The highest BCUT2D eigenvalue weighted by Gasteiger charge is 2.51. The van der Waals surface area contributed by atoms with Gasteiger partial charge in [-0.2, -0.15) is 0 Å². The topological polar surface area (TPSA) is 14.8 Å². The maximum Gasteiger partial charge on any atom is 0.0726 e. The van der Waals surface area contributed by atoms with E-state index in [1.165, 1.54) is 132 Å². The molecule has 2 aliphatic carbocycles. The Morgan fingerprint density at radius 3 is 0.863 bits per heavy atom. The minimum absolute atomic E-state index is 0.00533. The lowest BCUT2D eigenvalue weighted by Gasteiger charge is -2.30. The van der Waals surface area contributed by atoms with Gasteiger partial charge in [0.15, 0.2) is 0 Å². The SMILES string of the molecule is CC(C)(C)c1ccc2c(c1)c1cc(C(C)(C)C)ccc1n2-c1ccc2c3ccc(-n4c5ccc(C(C)(C)C)cc5c5cc(C(C)(C)C)ccc54)cc3n(-c3ccc4c(c3)C3(c5ccccc5-c5ccccc53)c3ccccc3-4)c2c1. The average molecular weight is 1040 g/mol. The van der Waals surface area contributed by atoms with E-state index >= 15 is 0 Å². The largest absolute Gasteiger partial charge is 0.309 e. The molecule has 3 heteroatoms. The summed E-state index contributed by atoms with van der Waals surface area (Å²) in [6, 6.07) is 78.0. The van der Waals surface area contributed by atoms with Gasteiger partial charge in [0.2, 0.25) is 0 Å². The number of rotatable bonds is 3. The molecule has 3 nitrogen and oxygen atoms in total. The summed E-state index contributed by atoms with van der Waals surface area (Å²) in [5, 5.41) is 7.62. The molecule has 15 rings (SSSR count). The van der Waals surface area contributed by atoms with Crippen molar-refractivity contribution in [2.24, 2.45) is 0 Å². The Kier molecular flexibility index (Phi) is 9.96. The fourth-order valence-corrected chi connectivity index (χ4v) is 14.2. The van der Waals surface area contributed by atoms with E-state index in [2.05, 4.69) is 297 Å². The van der Waals surface area contributed by atoms with E-state index in [4.69, 9.17) is 0 Å². The number of benzene rings is 10. The second-order valence-electron chi connectivity index (χ2n) is 27.5. The normalized spacial score (nSPS) is 14.1. The first-order valence-corrected chi connectivity index (χ1v) is 28.9. The summed E-state index contributed by atoms with van der Waals surface area (Å²) in [6.07, 6.45) is 0. The van der Waals surface area contributed by atoms with E-state index in [1.54, 1.807) is 0 Å². The van der Waals surface area contributed by atoms with Gasteiger partial charge in [0, 0.05) is 49.4 Å². The number of hydrogen-bond acceptors (Lipinski definition) is 0. The fourth-order valence-electron chi connectivity index (χ4n) is 14.2. The lowest BCUT2D eigenvalue weighted by molar-refractivity contribution is 0.590. The third-order valence-electron chi connectivity index (χ3n) is 18.5. The molecule has 1 spiro atoms. The predicted octanol–water partition coefficient (Wildman–Crippen LogP) is 20.5. The standard InChI is InChI=1S/C77H69N3/c1-73(2,3)46-25-35-67-59(39-46)60-40-47(74(4,5)6)26-36-68(60)78(67)51-30-33-57-58-34-31-52(79-69-37-27-48(75(7,8)9)41-61(69)62-42-49(76(10,11)12)28-38-70(62)79)45-72(58)80(71(57)44-51)50-29-32-56-55-21-15-18-24-65(55)77(66(56)43-50)63-22-16-13-19-53(63)54-20-14-17-23-64(54)77/h13-45H,1-12H3. The van der Waals surface area contributed by atoms with Crippen LogP contribution in [0.5, 0.6) is 0 Å². The highest BCUT2D eigenvalue weighted by atomic mass is 15.0. The minimum atomic E-state index is -0.480. The van der Waals surface area contributed by atoms with Crippen molar-refractivity contribution in [3.8, 4) is 39.3 Å². The average Bonchev–Trinajstić information content (AvgIpc) is 4.40. The third-order valence-corrected chi connectivity index (χ3v) is 18.5. The Balaban J connectivity index is 1.04. The molecular weight excluding hydrogens is 967 g/mol. The minimum Gasteiger partial charge on any atom is -0.309 e. The molecular formula is C77H69N3. The molecule has 13 aromatic rings. The van der Waals surface area contributed by atoms with E-state index in [9.17, 15) is 0 Å². The summed E-state index contributed by atoms with van der Waals surface area (Å²) in [5.74, 6) is 0. The van der Waals surface area contributed by atoms with Gasteiger partial charge < -0.3 is 13.7 Å². The molecule has 0 aliphatic heterocycles. The van der Waals surface area contributed by atoms with Crippen LogP contribution in [0.2, 0.25) is 0 Å². The molecule has 0 radical (unpaired) electrons. The predicted molar refractivity (Wildman–Crippen MR) is 341 cm³/mol. The second-order valence-corrected chi connectivity index (χ2v) is 27.5. The smallest absolute Gasteiger partial charge is 0.0726 e. The van der Waals surface area contributed by atoms with Gasteiger partial charge in [0.1, 0.15) is 0 Å². The highest BCUT2D eigenvalue weighted by Crippen LogP contribution is 2.63. The van der Waals surface area contributed by atoms with Gasteiger partial charge in [-0.1, -0.05) is 198 Å². The number of fused-ring (bicyclic) bond motifs is 19. The molecule has 392 valence electrons. The second kappa shape index (κ2) is 16.4. The van der Waals surface area contributed by atoms with Crippen LogP contribution < -0.4 is 0 Å². The Labute approximate surface area is 470 Å². The molecule has 0 amide bonds. The Morgan fingerprint density at radius 1 is 0.237 bits per heavy atom. The fraction of sp³-hybridized carbons (Fsp3) is 0.221. The van der Waals surface area contributed by atoms with E-state index in [1.807, 2.05) is 0 Å². The molecule has 10 aromatic carbocycles. The molecule has 2 aliphatic rings. The van der Waals surface area contributed by atoms with Crippen LogP contribution in [0.1, 0.15) is 128 Å². The summed E-state index contributed by atoms with van der Waals surface area (Å²) in [6.45, 7) is 27.9. The van der Waals surface area contributed by atoms with Crippen LogP contribution in [0.4, 0.5) is 0 Å². The molecule has 0 fully saturated rings. The molecule has 0 saturated carbocycles.